The second kappa shape index (κ2) is 5.70. The Morgan fingerprint density at radius 1 is 1.39 bits per heavy atom. The molecule has 2 aromatic rings. The maximum absolute atomic E-state index is 5.88. The largest absolute Gasteiger partial charge is 0.325 e. The van der Waals surface area contributed by atoms with Gasteiger partial charge in [-0.2, -0.15) is 0 Å². The Hall–Kier alpha value is -1.09. The maximum atomic E-state index is 5.88. The molecule has 0 aromatic carbocycles. The summed E-state index contributed by atoms with van der Waals surface area (Å²) in [6.45, 7) is 6.76. The molecule has 0 spiro atoms. The van der Waals surface area contributed by atoms with Gasteiger partial charge in [-0.3, -0.25) is 4.98 Å². The first-order valence-corrected chi connectivity index (χ1v) is 7.09. The van der Waals surface area contributed by atoms with Crippen LogP contribution in [0.4, 0.5) is 0 Å². The summed E-state index contributed by atoms with van der Waals surface area (Å²) in [5, 5.41) is 0. The Balaban J connectivity index is 2.54. The van der Waals surface area contributed by atoms with E-state index in [4.69, 9.17) is 11.6 Å². The Labute approximate surface area is 113 Å². The maximum Gasteiger partial charge on any atom is 0.111 e. The number of halogens is 1. The van der Waals surface area contributed by atoms with Gasteiger partial charge in [0.1, 0.15) is 11.3 Å². The van der Waals surface area contributed by atoms with Gasteiger partial charge < -0.3 is 4.57 Å². The van der Waals surface area contributed by atoms with Crippen molar-refractivity contribution in [3.63, 3.8) is 0 Å². The molecule has 2 unspecified atom stereocenters. The summed E-state index contributed by atoms with van der Waals surface area (Å²) >= 11 is 5.88. The van der Waals surface area contributed by atoms with E-state index in [1.54, 1.807) is 0 Å². The lowest BCUT2D eigenvalue weighted by Gasteiger charge is -2.23. The summed E-state index contributed by atoms with van der Waals surface area (Å²) in [5.74, 6) is 2.29. The zero-order valence-electron chi connectivity index (χ0n) is 11.2. The van der Waals surface area contributed by atoms with Crippen molar-refractivity contribution in [1.29, 1.82) is 0 Å². The van der Waals surface area contributed by atoms with E-state index in [2.05, 4.69) is 35.3 Å². The Morgan fingerprint density at radius 3 is 2.83 bits per heavy atom. The lowest BCUT2D eigenvalue weighted by atomic mass is 10.0. The molecule has 0 saturated carbocycles. The van der Waals surface area contributed by atoms with Crippen LogP contribution in [0.3, 0.4) is 0 Å². The summed E-state index contributed by atoms with van der Waals surface area (Å²) in [4.78, 5) is 8.80. The third-order valence-electron chi connectivity index (χ3n) is 3.76. The van der Waals surface area contributed by atoms with Crippen molar-refractivity contribution < 1.29 is 0 Å². The van der Waals surface area contributed by atoms with Crippen LogP contribution in [-0.4, -0.2) is 20.4 Å². The van der Waals surface area contributed by atoms with E-state index in [9.17, 15) is 0 Å². The minimum absolute atomic E-state index is 0.431. The van der Waals surface area contributed by atoms with Gasteiger partial charge in [0.05, 0.1) is 11.7 Å². The van der Waals surface area contributed by atoms with Crippen LogP contribution >= 0.6 is 11.6 Å². The molecule has 0 aliphatic heterocycles. The molecule has 2 atom stereocenters. The van der Waals surface area contributed by atoms with Crippen LogP contribution in [-0.2, 0) is 6.42 Å². The first-order chi connectivity index (χ1) is 8.69. The summed E-state index contributed by atoms with van der Waals surface area (Å²) < 4.78 is 2.33. The highest BCUT2D eigenvalue weighted by atomic mass is 35.5. The predicted octanol–water partition coefficient (Wildman–Crippen LogP) is 3.82. The molecule has 0 N–H and O–H groups in total. The normalized spacial score (nSPS) is 14.9. The summed E-state index contributed by atoms with van der Waals surface area (Å²) in [6.07, 6.45) is 5.62. The lowest BCUT2D eigenvalue weighted by Crippen LogP contribution is -2.16. The molecule has 0 fully saturated rings. The molecule has 0 amide bonds. The zero-order valence-corrected chi connectivity index (χ0v) is 12.0. The quantitative estimate of drug-likeness (QED) is 0.770. The number of fused-ring (bicyclic) bond motifs is 1. The van der Waals surface area contributed by atoms with Crippen molar-refractivity contribution >= 4 is 22.6 Å². The van der Waals surface area contributed by atoms with Gasteiger partial charge in [-0.25, -0.2) is 4.98 Å². The van der Waals surface area contributed by atoms with Crippen molar-refractivity contribution in [2.75, 3.05) is 5.88 Å². The molecule has 2 aromatic heterocycles. The number of aryl methyl sites for hydroxylation is 1. The second-order valence-electron chi connectivity index (χ2n) is 4.83. The SMILES string of the molecule is CCC(C)C(C)n1c(CCCl)nc2cnccc21. The van der Waals surface area contributed by atoms with Gasteiger partial charge in [-0.15, -0.1) is 11.6 Å². The van der Waals surface area contributed by atoms with E-state index in [1.165, 1.54) is 0 Å². The molecule has 18 heavy (non-hydrogen) atoms. The van der Waals surface area contributed by atoms with Gasteiger partial charge >= 0.3 is 0 Å². The average Bonchev–Trinajstić information content (AvgIpc) is 2.75. The number of imidazole rings is 1. The van der Waals surface area contributed by atoms with E-state index >= 15 is 0 Å². The number of nitrogens with zero attached hydrogens (tertiary/aromatic N) is 3. The molecule has 0 aliphatic rings. The summed E-state index contributed by atoms with van der Waals surface area (Å²) in [5.41, 5.74) is 2.13. The topological polar surface area (TPSA) is 30.7 Å². The molecule has 0 radical (unpaired) electrons. The van der Waals surface area contributed by atoms with Crippen LogP contribution in [0.5, 0.6) is 0 Å². The minimum atomic E-state index is 0.431. The molecule has 0 saturated heterocycles. The van der Waals surface area contributed by atoms with Crippen molar-refractivity contribution in [2.45, 2.75) is 39.7 Å². The van der Waals surface area contributed by atoms with Crippen LogP contribution in [0, 0.1) is 5.92 Å². The van der Waals surface area contributed by atoms with Gasteiger partial charge in [-0.05, 0) is 18.9 Å². The number of alkyl halides is 1. The zero-order chi connectivity index (χ0) is 13.1. The van der Waals surface area contributed by atoms with Crippen LogP contribution in [0.2, 0.25) is 0 Å². The summed E-state index contributed by atoms with van der Waals surface area (Å²) in [7, 11) is 0. The minimum Gasteiger partial charge on any atom is -0.325 e. The van der Waals surface area contributed by atoms with E-state index in [0.29, 0.717) is 17.8 Å². The molecule has 0 aliphatic carbocycles. The van der Waals surface area contributed by atoms with E-state index < -0.39 is 0 Å². The van der Waals surface area contributed by atoms with Crippen LogP contribution < -0.4 is 0 Å². The Bertz CT molecular complexity index is 521. The summed E-state index contributed by atoms with van der Waals surface area (Å²) in [6, 6.07) is 2.47. The van der Waals surface area contributed by atoms with Gasteiger partial charge in [-0.1, -0.05) is 20.3 Å². The van der Waals surface area contributed by atoms with Crippen LogP contribution in [0.25, 0.3) is 11.0 Å². The fourth-order valence-electron chi connectivity index (χ4n) is 2.31. The van der Waals surface area contributed by atoms with Crippen molar-refractivity contribution in [3.05, 3.63) is 24.3 Å². The number of hydrogen-bond acceptors (Lipinski definition) is 2. The number of aromatic nitrogens is 3. The van der Waals surface area contributed by atoms with Gasteiger partial charge in [0.15, 0.2) is 0 Å². The fraction of sp³-hybridized carbons (Fsp3) is 0.571. The van der Waals surface area contributed by atoms with E-state index in [1.807, 2.05) is 18.5 Å². The van der Waals surface area contributed by atoms with Crippen LogP contribution in [0.15, 0.2) is 18.5 Å². The van der Waals surface area contributed by atoms with E-state index in [-0.39, 0.29) is 0 Å². The molecule has 2 rings (SSSR count). The standard InChI is InChI=1S/C14H20ClN3/c1-4-10(2)11(3)18-13-6-8-16-9-12(13)17-14(18)5-7-15/h6,8-11H,4-5,7H2,1-3H3. The van der Waals surface area contributed by atoms with Crippen molar-refractivity contribution in [3.8, 4) is 0 Å². The molecular formula is C14H20ClN3. The first kappa shape index (κ1) is 13.3. The van der Waals surface area contributed by atoms with Gasteiger partial charge in [0, 0.05) is 24.5 Å². The number of hydrogen-bond donors (Lipinski definition) is 0. The smallest absolute Gasteiger partial charge is 0.111 e. The first-order valence-electron chi connectivity index (χ1n) is 6.55. The predicted molar refractivity (Wildman–Crippen MR) is 76.1 cm³/mol. The van der Waals surface area contributed by atoms with E-state index in [0.717, 1.165) is 29.7 Å². The van der Waals surface area contributed by atoms with Gasteiger partial charge in [0.25, 0.3) is 0 Å². The highest BCUT2D eigenvalue weighted by molar-refractivity contribution is 6.17. The van der Waals surface area contributed by atoms with Crippen molar-refractivity contribution in [2.24, 2.45) is 5.92 Å². The number of pyridine rings is 1. The molecule has 4 heteroatoms. The van der Waals surface area contributed by atoms with Gasteiger partial charge in [0.2, 0.25) is 0 Å². The highest BCUT2D eigenvalue weighted by Crippen LogP contribution is 2.27. The molecule has 2 heterocycles. The Kier molecular flexibility index (Phi) is 4.23. The number of rotatable bonds is 5. The highest BCUT2D eigenvalue weighted by Gasteiger charge is 2.19. The molecular weight excluding hydrogens is 246 g/mol. The third kappa shape index (κ3) is 2.37. The van der Waals surface area contributed by atoms with Crippen LogP contribution in [0.1, 0.15) is 39.1 Å². The second-order valence-corrected chi connectivity index (χ2v) is 5.21. The van der Waals surface area contributed by atoms with Crippen molar-refractivity contribution in [1.82, 2.24) is 14.5 Å². The average molecular weight is 266 g/mol. The lowest BCUT2D eigenvalue weighted by molar-refractivity contribution is 0.369. The molecule has 98 valence electrons. The molecule has 3 nitrogen and oxygen atoms in total. The monoisotopic (exact) mass is 265 g/mol. The third-order valence-corrected chi connectivity index (χ3v) is 3.95. The molecule has 0 bridgehead atoms. The Morgan fingerprint density at radius 2 is 2.17 bits per heavy atom. The fourth-order valence-corrected chi connectivity index (χ4v) is 2.48.